The van der Waals surface area contributed by atoms with Crippen LogP contribution in [0.4, 0.5) is 0 Å². The molecule has 92 valence electrons. The minimum absolute atomic E-state index is 0.103. The van der Waals surface area contributed by atoms with E-state index in [0.717, 1.165) is 0 Å². The third kappa shape index (κ3) is 3.48. The third-order valence-corrected chi connectivity index (χ3v) is 2.77. The van der Waals surface area contributed by atoms with Crippen LogP contribution >= 0.6 is 0 Å². The number of carbonyl (C=O) groups excluding carboxylic acids is 1. The van der Waals surface area contributed by atoms with Crippen LogP contribution in [-0.4, -0.2) is 34.7 Å². The minimum atomic E-state index is -0.912. The second-order valence-corrected chi connectivity index (χ2v) is 4.80. The fourth-order valence-electron chi connectivity index (χ4n) is 1.81. The van der Waals surface area contributed by atoms with Crippen molar-refractivity contribution in [3.8, 4) is 0 Å². The van der Waals surface area contributed by atoms with Crippen molar-refractivity contribution in [3.05, 3.63) is 0 Å². The predicted molar refractivity (Wildman–Crippen MR) is 57.7 cm³/mol. The smallest absolute Gasteiger partial charge is 0.307 e. The Balaban J connectivity index is 2.36. The zero-order valence-corrected chi connectivity index (χ0v) is 9.64. The van der Waals surface area contributed by atoms with Crippen LogP contribution in [0.1, 0.15) is 26.7 Å². The molecule has 0 aromatic rings. The molecule has 1 aliphatic carbocycles. The molecular weight excluding hydrogens is 210 g/mol. The number of carboxylic acid groups (broad SMARTS) is 1. The monoisotopic (exact) mass is 229 g/mol. The Morgan fingerprint density at radius 1 is 1.38 bits per heavy atom. The maximum atomic E-state index is 11.6. The molecule has 1 unspecified atom stereocenters. The maximum absolute atomic E-state index is 11.6. The van der Waals surface area contributed by atoms with Gasteiger partial charge in [0, 0.05) is 0 Å². The van der Waals surface area contributed by atoms with E-state index < -0.39 is 17.8 Å². The lowest BCUT2D eigenvalue weighted by atomic mass is 10.0. The highest BCUT2D eigenvalue weighted by atomic mass is 16.4. The molecule has 0 aromatic heterocycles. The first kappa shape index (κ1) is 13.0. The van der Waals surface area contributed by atoms with E-state index in [4.69, 9.17) is 10.2 Å². The first-order valence-corrected chi connectivity index (χ1v) is 5.59. The summed E-state index contributed by atoms with van der Waals surface area (Å²) in [5.41, 5.74) is 0. The Kier molecular flexibility index (Phi) is 4.29. The summed E-state index contributed by atoms with van der Waals surface area (Å²) in [6.07, 6.45) is 1.12. The van der Waals surface area contributed by atoms with Gasteiger partial charge in [0.1, 0.15) is 0 Å². The molecular formula is C11H19NO4. The highest BCUT2D eigenvalue weighted by Crippen LogP contribution is 2.38. The first-order chi connectivity index (χ1) is 7.45. The van der Waals surface area contributed by atoms with Crippen molar-refractivity contribution >= 4 is 11.9 Å². The van der Waals surface area contributed by atoms with Crippen molar-refractivity contribution in [2.24, 2.45) is 17.8 Å². The molecule has 1 aliphatic rings. The largest absolute Gasteiger partial charge is 0.481 e. The number of aliphatic hydroxyl groups is 1. The molecule has 0 saturated heterocycles. The molecule has 16 heavy (non-hydrogen) atoms. The van der Waals surface area contributed by atoms with Crippen LogP contribution in [0.15, 0.2) is 0 Å². The summed E-state index contributed by atoms with van der Waals surface area (Å²) in [6, 6.07) is -0.262. The van der Waals surface area contributed by atoms with Gasteiger partial charge in [-0.15, -0.1) is 0 Å². The molecule has 0 spiro atoms. The maximum Gasteiger partial charge on any atom is 0.307 e. The second-order valence-electron chi connectivity index (χ2n) is 4.80. The van der Waals surface area contributed by atoms with Gasteiger partial charge in [0.2, 0.25) is 5.91 Å². The van der Waals surface area contributed by atoms with Gasteiger partial charge in [0.15, 0.2) is 0 Å². The normalized spacial score (nSPS) is 25.2. The van der Waals surface area contributed by atoms with E-state index in [1.807, 2.05) is 13.8 Å². The minimum Gasteiger partial charge on any atom is -0.481 e. The number of hydrogen-bond donors (Lipinski definition) is 3. The Bertz CT molecular complexity index is 277. The van der Waals surface area contributed by atoms with Gasteiger partial charge in [-0.25, -0.2) is 0 Å². The zero-order chi connectivity index (χ0) is 12.3. The molecule has 3 N–H and O–H groups in total. The molecule has 0 heterocycles. The number of nitrogens with one attached hydrogen (secondary N) is 1. The van der Waals surface area contributed by atoms with Gasteiger partial charge in [-0.2, -0.15) is 0 Å². The van der Waals surface area contributed by atoms with Gasteiger partial charge in [-0.05, 0) is 18.8 Å². The zero-order valence-electron chi connectivity index (χ0n) is 9.64. The molecule has 0 radical (unpaired) electrons. The quantitative estimate of drug-likeness (QED) is 0.608. The van der Waals surface area contributed by atoms with Crippen molar-refractivity contribution in [1.82, 2.24) is 5.32 Å². The Labute approximate surface area is 94.8 Å². The van der Waals surface area contributed by atoms with E-state index in [1.165, 1.54) is 0 Å². The molecule has 3 atom stereocenters. The number of rotatable bonds is 6. The Morgan fingerprint density at radius 2 is 2.00 bits per heavy atom. The molecule has 1 rings (SSSR count). The molecule has 5 nitrogen and oxygen atoms in total. The number of carboxylic acids is 1. The molecule has 1 saturated carbocycles. The van der Waals surface area contributed by atoms with Gasteiger partial charge >= 0.3 is 5.97 Å². The van der Waals surface area contributed by atoms with Crippen LogP contribution in [-0.2, 0) is 9.59 Å². The summed E-state index contributed by atoms with van der Waals surface area (Å²) in [4.78, 5) is 22.2. The summed E-state index contributed by atoms with van der Waals surface area (Å²) >= 11 is 0. The average molecular weight is 229 g/mol. The van der Waals surface area contributed by atoms with E-state index in [9.17, 15) is 9.59 Å². The summed E-state index contributed by atoms with van der Waals surface area (Å²) in [5.74, 6) is -1.71. The van der Waals surface area contributed by atoms with Gasteiger partial charge in [0.05, 0.1) is 24.5 Å². The Hall–Kier alpha value is -1.10. The standard InChI is InChI=1S/C11H19NO4/c1-6(2)3-7(5-13)12-10(14)8-4-9(8)11(15)16/h6-9,13H,3-5H2,1-2H3,(H,12,14)(H,15,16)/t7?,8-,9+/m1/s1. The van der Waals surface area contributed by atoms with Gasteiger partial charge in [0.25, 0.3) is 0 Å². The molecule has 5 heteroatoms. The lowest BCUT2D eigenvalue weighted by Gasteiger charge is -2.18. The SMILES string of the molecule is CC(C)CC(CO)NC(=O)[C@@H]1C[C@@H]1C(=O)O. The highest BCUT2D eigenvalue weighted by Gasteiger charge is 2.48. The van der Waals surface area contributed by atoms with Crippen molar-refractivity contribution < 1.29 is 19.8 Å². The lowest BCUT2D eigenvalue weighted by molar-refractivity contribution is -0.140. The molecule has 0 aliphatic heterocycles. The number of hydrogen-bond acceptors (Lipinski definition) is 3. The van der Waals surface area contributed by atoms with Gasteiger partial charge < -0.3 is 15.5 Å². The van der Waals surface area contributed by atoms with Crippen molar-refractivity contribution in [2.45, 2.75) is 32.7 Å². The summed E-state index contributed by atoms with van der Waals surface area (Å²) in [7, 11) is 0. The van der Waals surface area contributed by atoms with Crippen LogP contribution in [0.25, 0.3) is 0 Å². The van der Waals surface area contributed by atoms with E-state index in [2.05, 4.69) is 5.32 Å². The molecule has 0 bridgehead atoms. The topological polar surface area (TPSA) is 86.6 Å². The first-order valence-electron chi connectivity index (χ1n) is 5.59. The molecule has 1 amide bonds. The van der Waals surface area contributed by atoms with Crippen LogP contribution in [0.2, 0.25) is 0 Å². The summed E-state index contributed by atoms with van der Waals surface area (Å²) in [5, 5.41) is 20.4. The van der Waals surface area contributed by atoms with Crippen LogP contribution in [0.5, 0.6) is 0 Å². The molecule has 0 aromatic carbocycles. The molecule has 1 fully saturated rings. The number of amides is 1. The third-order valence-electron chi connectivity index (χ3n) is 2.77. The van der Waals surface area contributed by atoms with Crippen molar-refractivity contribution in [1.29, 1.82) is 0 Å². The van der Waals surface area contributed by atoms with Crippen molar-refractivity contribution in [3.63, 3.8) is 0 Å². The van der Waals surface area contributed by atoms with Gasteiger partial charge in [-0.3, -0.25) is 9.59 Å². The number of aliphatic hydroxyl groups excluding tert-OH is 1. The van der Waals surface area contributed by atoms with Crippen LogP contribution in [0.3, 0.4) is 0 Å². The fraction of sp³-hybridized carbons (Fsp3) is 0.818. The van der Waals surface area contributed by atoms with E-state index in [0.29, 0.717) is 18.8 Å². The average Bonchev–Trinajstić information content (AvgIpc) is 2.95. The van der Waals surface area contributed by atoms with Crippen LogP contribution < -0.4 is 5.32 Å². The highest BCUT2D eigenvalue weighted by molar-refractivity contribution is 5.89. The van der Waals surface area contributed by atoms with Gasteiger partial charge in [-0.1, -0.05) is 13.8 Å². The van der Waals surface area contributed by atoms with Crippen molar-refractivity contribution in [2.75, 3.05) is 6.61 Å². The predicted octanol–water partition coefficient (Wildman–Crippen LogP) is 0.230. The van der Waals surface area contributed by atoms with E-state index in [-0.39, 0.29) is 18.6 Å². The number of aliphatic carboxylic acids is 1. The lowest BCUT2D eigenvalue weighted by Crippen LogP contribution is -2.39. The van der Waals surface area contributed by atoms with Crippen LogP contribution in [0, 0.1) is 17.8 Å². The second kappa shape index (κ2) is 5.30. The summed E-state index contributed by atoms with van der Waals surface area (Å²) in [6.45, 7) is 3.91. The van der Waals surface area contributed by atoms with E-state index in [1.54, 1.807) is 0 Å². The van der Waals surface area contributed by atoms with E-state index >= 15 is 0 Å². The Morgan fingerprint density at radius 3 is 2.38 bits per heavy atom. The fourth-order valence-corrected chi connectivity index (χ4v) is 1.81. The summed E-state index contributed by atoms with van der Waals surface area (Å²) < 4.78 is 0. The number of carbonyl (C=O) groups is 2.